The van der Waals surface area contributed by atoms with Crippen molar-refractivity contribution in [3.05, 3.63) is 39.5 Å². The molecule has 1 N–H and O–H groups in total. The molecule has 2 aromatic rings. The summed E-state index contributed by atoms with van der Waals surface area (Å²) in [7, 11) is 1.74. The van der Waals surface area contributed by atoms with E-state index in [1.165, 1.54) is 0 Å². The summed E-state index contributed by atoms with van der Waals surface area (Å²) in [5, 5.41) is 11.0. The fraction of sp³-hybridized carbons (Fsp3) is 0.364. The second kappa shape index (κ2) is 4.17. The molecule has 0 saturated carbocycles. The number of aromatic nitrogens is 3. The van der Waals surface area contributed by atoms with Crippen LogP contribution in [-0.4, -0.2) is 19.2 Å². The molecule has 0 radical (unpaired) electrons. The van der Waals surface area contributed by atoms with Crippen molar-refractivity contribution in [1.29, 1.82) is 0 Å². The number of aryl methyl sites for hydroxylation is 3. The number of imidazole rings is 1. The molecular formula is C11H15N5O2. The highest BCUT2D eigenvalue weighted by molar-refractivity contribution is 5.53. The molecule has 7 heteroatoms. The van der Waals surface area contributed by atoms with E-state index in [1.54, 1.807) is 23.2 Å². The van der Waals surface area contributed by atoms with Crippen molar-refractivity contribution in [2.75, 3.05) is 5.43 Å². The topological polar surface area (TPSA) is 77.9 Å². The zero-order chi connectivity index (χ0) is 13.4. The summed E-state index contributed by atoms with van der Waals surface area (Å²) in [6.07, 6.45) is 0. The molecule has 2 rings (SSSR count). The van der Waals surface area contributed by atoms with Gasteiger partial charge in [-0.2, -0.15) is 0 Å². The molecule has 7 nitrogen and oxygen atoms in total. The largest absolute Gasteiger partial charge is 0.408 e. The fourth-order valence-corrected chi connectivity index (χ4v) is 1.80. The number of nitro groups is 1. The Labute approximate surface area is 104 Å². The van der Waals surface area contributed by atoms with Gasteiger partial charge in [0.2, 0.25) is 11.6 Å². The molecule has 0 atom stereocenters. The third-order valence-corrected chi connectivity index (χ3v) is 2.96. The molecule has 0 aliphatic carbocycles. The molecule has 0 amide bonds. The van der Waals surface area contributed by atoms with Crippen LogP contribution in [-0.2, 0) is 7.05 Å². The third-order valence-electron chi connectivity index (χ3n) is 2.96. The number of nitrogens with zero attached hydrogens (tertiary/aromatic N) is 4. The summed E-state index contributed by atoms with van der Waals surface area (Å²) >= 11 is 0. The van der Waals surface area contributed by atoms with E-state index in [2.05, 4.69) is 10.4 Å². The van der Waals surface area contributed by atoms with Crippen LogP contribution >= 0.6 is 0 Å². The van der Waals surface area contributed by atoms with Crippen LogP contribution in [0.1, 0.15) is 17.2 Å². The van der Waals surface area contributed by atoms with Gasteiger partial charge in [0.15, 0.2) is 0 Å². The SMILES string of the molecule is Cc1nc([N+](=O)[O-])c(Nn2c(C)ccc2C)n1C. The monoisotopic (exact) mass is 249 g/mol. The first-order chi connectivity index (χ1) is 8.41. The summed E-state index contributed by atoms with van der Waals surface area (Å²) in [4.78, 5) is 14.4. The number of hydrogen-bond donors (Lipinski definition) is 1. The quantitative estimate of drug-likeness (QED) is 0.666. The predicted molar refractivity (Wildman–Crippen MR) is 67.5 cm³/mol. The molecule has 2 aromatic heterocycles. The number of anilines is 1. The maximum atomic E-state index is 11.0. The molecular weight excluding hydrogens is 234 g/mol. The van der Waals surface area contributed by atoms with Gasteiger partial charge >= 0.3 is 5.82 Å². The van der Waals surface area contributed by atoms with E-state index in [0.717, 1.165) is 11.4 Å². The lowest BCUT2D eigenvalue weighted by molar-refractivity contribution is -0.388. The van der Waals surface area contributed by atoms with Crippen LogP contribution in [0.4, 0.5) is 11.6 Å². The average molecular weight is 249 g/mol. The Balaban J connectivity index is 2.49. The van der Waals surface area contributed by atoms with E-state index in [-0.39, 0.29) is 5.82 Å². The molecule has 0 aliphatic rings. The van der Waals surface area contributed by atoms with Crippen LogP contribution in [0.3, 0.4) is 0 Å². The van der Waals surface area contributed by atoms with Crippen molar-refractivity contribution in [3.8, 4) is 0 Å². The van der Waals surface area contributed by atoms with Gasteiger partial charge in [0.25, 0.3) is 0 Å². The summed E-state index contributed by atoms with van der Waals surface area (Å²) in [6, 6.07) is 3.88. The number of rotatable bonds is 3. The standard InChI is InChI=1S/C11H15N5O2/c1-7-5-6-8(2)15(7)13-11-10(16(17)18)12-9(3)14(11)4/h5-6,13H,1-4H3. The van der Waals surface area contributed by atoms with Crippen molar-refractivity contribution >= 4 is 11.6 Å². The lowest BCUT2D eigenvalue weighted by atomic mass is 10.5. The zero-order valence-corrected chi connectivity index (χ0v) is 10.8. The molecule has 0 aromatic carbocycles. The molecule has 0 aliphatic heterocycles. The molecule has 0 saturated heterocycles. The molecule has 0 spiro atoms. The van der Waals surface area contributed by atoms with Gasteiger partial charge in [-0.1, -0.05) is 0 Å². The van der Waals surface area contributed by atoms with E-state index in [9.17, 15) is 10.1 Å². The fourth-order valence-electron chi connectivity index (χ4n) is 1.80. The van der Waals surface area contributed by atoms with Crippen molar-refractivity contribution in [3.63, 3.8) is 0 Å². The second-order valence-corrected chi connectivity index (χ2v) is 4.21. The van der Waals surface area contributed by atoms with E-state index < -0.39 is 4.92 Å². The molecule has 96 valence electrons. The Bertz CT molecular complexity index is 592. The van der Waals surface area contributed by atoms with E-state index in [4.69, 9.17) is 0 Å². The van der Waals surface area contributed by atoms with Gasteiger partial charge in [0, 0.05) is 25.4 Å². The minimum absolute atomic E-state index is 0.164. The Morgan fingerprint density at radius 2 is 1.83 bits per heavy atom. The van der Waals surface area contributed by atoms with Crippen LogP contribution in [0.5, 0.6) is 0 Å². The number of nitrogens with one attached hydrogen (secondary N) is 1. The van der Waals surface area contributed by atoms with Crippen LogP contribution in [0.25, 0.3) is 0 Å². The minimum atomic E-state index is -0.483. The zero-order valence-electron chi connectivity index (χ0n) is 10.8. The lowest BCUT2D eigenvalue weighted by Crippen LogP contribution is -2.15. The minimum Gasteiger partial charge on any atom is -0.358 e. The molecule has 0 fully saturated rings. The summed E-state index contributed by atoms with van der Waals surface area (Å²) < 4.78 is 3.46. The van der Waals surface area contributed by atoms with Crippen LogP contribution < -0.4 is 5.43 Å². The van der Waals surface area contributed by atoms with Gasteiger partial charge in [-0.3, -0.25) is 14.7 Å². The normalized spacial score (nSPS) is 10.7. The Morgan fingerprint density at radius 1 is 1.28 bits per heavy atom. The Kier molecular flexibility index (Phi) is 2.82. The van der Waals surface area contributed by atoms with Crippen molar-refractivity contribution in [2.45, 2.75) is 20.8 Å². The first-order valence-electron chi connectivity index (χ1n) is 5.51. The van der Waals surface area contributed by atoms with Crippen molar-refractivity contribution in [1.82, 2.24) is 14.2 Å². The van der Waals surface area contributed by atoms with Crippen LogP contribution in [0, 0.1) is 30.9 Å². The van der Waals surface area contributed by atoms with Gasteiger partial charge < -0.3 is 10.1 Å². The van der Waals surface area contributed by atoms with Gasteiger partial charge in [-0.05, 0) is 35.9 Å². The molecule has 18 heavy (non-hydrogen) atoms. The lowest BCUT2D eigenvalue weighted by Gasteiger charge is -2.12. The Hall–Kier alpha value is -2.31. The van der Waals surface area contributed by atoms with Crippen LogP contribution in [0.2, 0.25) is 0 Å². The summed E-state index contributed by atoms with van der Waals surface area (Å²) in [5.41, 5.74) is 4.98. The molecule has 0 unspecified atom stereocenters. The van der Waals surface area contributed by atoms with Gasteiger partial charge in [0.1, 0.15) is 0 Å². The number of hydrogen-bond acceptors (Lipinski definition) is 4. The highest BCUT2D eigenvalue weighted by Crippen LogP contribution is 2.24. The van der Waals surface area contributed by atoms with E-state index >= 15 is 0 Å². The maximum absolute atomic E-state index is 11.0. The van der Waals surface area contributed by atoms with Gasteiger partial charge in [0.05, 0.1) is 0 Å². The summed E-state index contributed by atoms with van der Waals surface area (Å²) in [6.45, 7) is 5.58. The predicted octanol–water partition coefficient (Wildman–Crippen LogP) is 1.93. The maximum Gasteiger partial charge on any atom is 0.408 e. The molecule has 2 heterocycles. The average Bonchev–Trinajstić information content (AvgIpc) is 2.76. The van der Waals surface area contributed by atoms with Crippen LogP contribution in [0.15, 0.2) is 12.1 Å². The highest BCUT2D eigenvalue weighted by Gasteiger charge is 2.24. The highest BCUT2D eigenvalue weighted by atomic mass is 16.6. The summed E-state index contributed by atoms with van der Waals surface area (Å²) in [5.74, 6) is 0.800. The van der Waals surface area contributed by atoms with Crippen molar-refractivity contribution in [2.24, 2.45) is 7.05 Å². The molecule has 0 bridgehead atoms. The van der Waals surface area contributed by atoms with E-state index in [1.807, 2.05) is 26.0 Å². The second-order valence-electron chi connectivity index (χ2n) is 4.21. The van der Waals surface area contributed by atoms with Gasteiger partial charge in [-0.25, -0.2) is 0 Å². The first kappa shape index (κ1) is 12.2. The third kappa shape index (κ3) is 1.83. The van der Waals surface area contributed by atoms with E-state index in [0.29, 0.717) is 11.6 Å². The van der Waals surface area contributed by atoms with Gasteiger partial charge in [-0.15, -0.1) is 0 Å². The Morgan fingerprint density at radius 3 is 2.33 bits per heavy atom. The van der Waals surface area contributed by atoms with Crippen molar-refractivity contribution < 1.29 is 4.92 Å². The first-order valence-corrected chi connectivity index (χ1v) is 5.51. The smallest absolute Gasteiger partial charge is 0.358 e.